The van der Waals surface area contributed by atoms with Crippen molar-refractivity contribution in [2.75, 3.05) is 12.4 Å². The molecule has 0 bridgehead atoms. The zero-order valence-corrected chi connectivity index (χ0v) is 18.6. The normalized spacial score (nSPS) is 10.8. The molecule has 3 aromatic carbocycles. The number of nitrogens with zero attached hydrogens (tertiary/aromatic N) is 3. The minimum absolute atomic E-state index is 0.236. The van der Waals surface area contributed by atoms with Gasteiger partial charge in [0.1, 0.15) is 12.9 Å². The van der Waals surface area contributed by atoms with Gasteiger partial charge in [-0.05, 0) is 54.6 Å². The third-order valence-electron chi connectivity index (χ3n) is 5.14. The molecule has 0 aliphatic heterocycles. The summed E-state index contributed by atoms with van der Waals surface area (Å²) in [5, 5.41) is 4.85. The van der Waals surface area contributed by atoms with Crippen LogP contribution in [-0.4, -0.2) is 27.6 Å². The van der Waals surface area contributed by atoms with Crippen LogP contribution in [0.4, 0.5) is 5.69 Å². The lowest BCUT2D eigenvalue weighted by Gasteiger charge is -2.12. The summed E-state index contributed by atoms with van der Waals surface area (Å²) in [5.74, 6) is 0.805. The first-order valence-electron chi connectivity index (χ1n) is 10.2. The highest BCUT2D eigenvalue weighted by Gasteiger charge is 2.12. The van der Waals surface area contributed by atoms with Crippen molar-refractivity contribution in [3.63, 3.8) is 0 Å². The Morgan fingerprint density at radius 3 is 2.67 bits per heavy atom. The van der Waals surface area contributed by atoms with Crippen LogP contribution in [0, 0.1) is 0 Å². The number of methoxy groups -OCH3 is 1. The summed E-state index contributed by atoms with van der Waals surface area (Å²) in [6.45, 7) is 0.337. The molecule has 8 heteroatoms. The number of carbonyl (C=O) groups is 1. The molecule has 0 spiro atoms. The van der Waals surface area contributed by atoms with E-state index in [1.54, 1.807) is 37.1 Å². The molecule has 164 valence electrons. The number of carbonyl (C=O) groups excluding carboxylic acids is 1. The zero-order valence-electron chi connectivity index (χ0n) is 17.8. The molecule has 5 aromatic rings. The number of nitrogens with one attached hydrogen (secondary N) is 1. The molecule has 0 aliphatic carbocycles. The molecule has 2 aromatic heterocycles. The number of thiazole rings is 1. The molecule has 0 aliphatic rings. The maximum absolute atomic E-state index is 12.8. The molecule has 7 nitrogen and oxygen atoms in total. The Hall–Kier alpha value is -4.17. The van der Waals surface area contributed by atoms with Gasteiger partial charge in [-0.25, -0.2) is 9.97 Å². The molecule has 0 fully saturated rings. The van der Waals surface area contributed by atoms with Gasteiger partial charge in [-0.2, -0.15) is 0 Å². The fourth-order valence-corrected chi connectivity index (χ4v) is 4.01. The monoisotopic (exact) mass is 456 g/mol. The van der Waals surface area contributed by atoms with Crippen molar-refractivity contribution in [1.82, 2.24) is 14.5 Å². The molecule has 5 rings (SSSR count). The number of benzene rings is 3. The average Bonchev–Trinajstić information content (AvgIpc) is 3.53. The number of amides is 1. The van der Waals surface area contributed by atoms with Crippen molar-refractivity contribution in [3.05, 3.63) is 95.2 Å². The van der Waals surface area contributed by atoms with Gasteiger partial charge < -0.3 is 14.8 Å². The van der Waals surface area contributed by atoms with Gasteiger partial charge in [-0.1, -0.05) is 12.1 Å². The second kappa shape index (κ2) is 9.13. The fraction of sp³-hybridized carbons (Fsp3) is 0.0800. The first-order valence-corrected chi connectivity index (χ1v) is 11.2. The highest BCUT2D eigenvalue weighted by molar-refractivity contribution is 7.07. The largest absolute Gasteiger partial charge is 0.493 e. The lowest BCUT2D eigenvalue weighted by Crippen LogP contribution is -2.12. The van der Waals surface area contributed by atoms with E-state index in [0.717, 1.165) is 22.4 Å². The van der Waals surface area contributed by atoms with Gasteiger partial charge in [0.05, 0.1) is 29.3 Å². The number of hydrogen-bond donors (Lipinski definition) is 1. The van der Waals surface area contributed by atoms with Gasteiger partial charge in [0.15, 0.2) is 11.5 Å². The zero-order chi connectivity index (χ0) is 22.6. The van der Waals surface area contributed by atoms with Gasteiger partial charge in [0.2, 0.25) is 0 Å². The van der Waals surface area contributed by atoms with Crippen LogP contribution in [0.5, 0.6) is 11.5 Å². The SMILES string of the molecule is COc1cc(C(=O)Nc2ccc(-n3cnc4ccccc43)cc2)ccc1OCc1cscn1. The van der Waals surface area contributed by atoms with Crippen LogP contribution in [0.15, 0.2) is 83.9 Å². The van der Waals surface area contributed by atoms with Crippen LogP contribution in [0.1, 0.15) is 16.1 Å². The Kier molecular flexibility index (Phi) is 5.73. The van der Waals surface area contributed by atoms with Crippen molar-refractivity contribution >= 4 is 34.0 Å². The summed E-state index contributed by atoms with van der Waals surface area (Å²) in [6, 6.07) is 20.7. The third-order valence-corrected chi connectivity index (χ3v) is 5.78. The second-order valence-corrected chi connectivity index (χ2v) is 7.96. The molecule has 0 saturated heterocycles. The number of imidazole rings is 1. The smallest absolute Gasteiger partial charge is 0.255 e. The van der Waals surface area contributed by atoms with E-state index in [2.05, 4.69) is 15.3 Å². The van der Waals surface area contributed by atoms with E-state index in [4.69, 9.17) is 9.47 Å². The second-order valence-electron chi connectivity index (χ2n) is 7.24. The van der Waals surface area contributed by atoms with Gasteiger partial charge in [0, 0.05) is 22.3 Å². The van der Waals surface area contributed by atoms with E-state index in [0.29, 0.717) is 29.4 Å². The first kappa shape index (κ1) is 20.7. The predicted octanol–water partition coefficient (Wildman–Crippen LogP) is 5.32. The van der Waals surface area contributed by atoms with E-state index in [-0.39, 0.29) is 5.91 Å². The molecular weight excluding hydrogens is 436 g/mol. The third kappa shape index (κ3) is 4.42. The summed E-state index contributed by atoms with van der Waals surface area (Å²) in [4.78, 5) is 21.4. The van der Waals surface area contributed by atoms with Crippen LogP contribution in [0.3, 0.4) is 0 Å². The molecule has 1 amide bonds. The number of para-hydroxylation sites is 2. The van der Waals surface area contributed by atoms with Crippen molar-refractivity contribution in [1.29, 1.82) is 0 Å². The minimum atomic E-state index is -0.236. The van der Waals surface area contributed by atoms with Crippen LogP contribution >= 0.6 is 11.3 Å². The minimum Gasteiger partial charge on any atom is -0.493 e. The maximum Gasteiger partial charge on any atom is 0.255 e. The number of rotatable bonds is 7. The number of hydrogen-bond acceptors (Lipinski definition) is 6. The summed E-state index contributed by atoms with van der Waals surface area (Å²) in [7, 11) is 1.55. The highest BCUT2D eigenvalue weighted by atomic mass is 32.1. The van der Waals surface area contributed by atoms with Crippen molar-refractivity contribution in [2.24, 2.45) is 0 Å². The summed E-state index contributed by atoms with van der Waals surface area (Å²) in [5.41, 5.74) is 6.68. The number of fused-ring (bicyclic) bond motifs is 1. The Morgan fingerprint density at radius 1 is 1.03 bits per heavy atom. The number of anilines is 1. The van der Waals surface area contributed by atoms with Crippen molar-refractivity contribution in [2.45, 2.75) is 6.61 Å². The van der Waals surface area contributed by atoms with Crippen molar-refractivity contribution < 1.29 is 14.3 Å². The summed E-state index contributed by atoms with van der Waals surface area (Å²) < 4.78 is 13.2. The average molecular weight is 457 g/mol. The van der Waals surface area contributed by atoms with Gasteiger partial charge in [0.25, 0.3) is 5.91 Å². The lowest BCUT2D eigenvalue weighted by atomic mass is 10.1. The molecule has 2 heterocycles. The predicted molar refractivity (Wildman–Crippen MR) is 128 cm³/mol. The van der Waals surface area contributed by atoms with E-state index in [1.807, 2.05) is 58.5 Å². The number of aromatic nitrogens is 3. The Bertz CT molecular complexity index is 1400. The van der Waals surface area contributed by atoms with E-state index >= 15 is 0 Å². The molecule has 1 N–H and O–H groups in total. The molecule has 0 saturated carbocycles. The fourth-order valence-electron chi connectivity index (χ4n) is 3.46. The topological polar surface area (TPSA) is 78.3 Å². The molecular formula is C25H20N4O3S. The molecule has 0 atom stereocenters. The van der Waals surface area contributed by atoms with Crippen LogP contribution in [0.25, 0.3) is 16.7 Å². The molecule has 0 radical (unpaired) electrons. The first-order chi connectivity index (χ1) is 16.2. The Labute approximate surface area is 194 Å². The number of ether oxygens (including phenoxy) is 2. The van der Waals surface area contributed by atoms with Gasteiger partial charge in [-0.15, -0.1) is 11.3 Å². The lowest BCUT2D eigenvalue weighted by molar-refractivity contribution is 0.102. The molecule has 33 heavy (non-hydrogen) atoms. The van der Waals surface area contributed by atoms with Gasteiger partial charge >= 0.3 is 0 Å². The van der Waals surface area contributed by atoms with Crippen LogP contribution in [-0.2, 0) is 6.61 Å². The summed E-state index contributed by atoms with van der Waals surface area (Å²) in [6.07, 6.45) is 1.79. The van der Waals surface area contributed by atoms with Crippen LogP contribution < -0.4 is 14.8 Å². The van der Waals surface area contributed by atoms with E-state index in [1.165, 1.54) is 11.3 Å². The maximum atomic E-state index is 12.8. The summed E-state index contributed by atoms with van der Waals surface area (Å²) >= 11 is 1.51. The highest BCUT2D eigenvalue weighted by Crippen LogP contribution is 2.29. The Balaban J connectivity index is 1.29. The standard InChI is InChI=1S/C25H20N4O3S/c1-31-24-12-17(6-11-23(24)32-13-19-14-33-16-27-19)25(30)28-18-7-9-20(10-8-18)29-15-26-21-4-2-3-5-22(21)29/h2-12,14-16H,13H2,1H3,(H,28,30). The van der Waals surface area contributed by atoms with E-state index in [9.17, 15) is 4.79 Å². The van der Waals surface area contributed by atoms with Crippen molar-refractivity contribution in [3.8, 4) is 17.2 Å². The van der Waals surface area contributed by atoms with E-state index < -0.39 is 0 Å². The Morgan fingerprint density at radius 2 is 1.88 bits per heavy atom. The molecule has 0 unspecified atom stereocenters. The van der Waals surface area contributed by atoms with Crippen LogP contribution in [0.2, 0.25) is 0 Å². The van der Waals surface area contributed by atoms with Gasteiger partial charge in [-0.3, -0.25) is 9.36 Å². The quantitative estimate of drug-likeness (QED) is 0.359.